The maximum absolute atomic E-state index is 12.7. The Kier molecular flexibility index (Phi) is 5.62. The number of aliphatic hydroxyl groups excluding tert-OH is 1. The molecule has 6 atom stereocenters. The summed E-state index contributed by atoms with van der Waals surface area (Å²) in [4.78, 5) is 14.5. The molecule has 2 fully saturated rings. The average Bonchev–Trinajstić information content (AvgIpc) is 2.35. The smallest absolute Gasteiger partial charge is 0.410 e. The maximum Gasteiger partial charge on any atom is 0.410 e. The summed E-state index contributed by atoms with van der Waals surface area (Å²) in [6, 6.07) is -0.159. The fraction of sp³-hybridized carbons (Fsp3) is 0.944. The van der Waals surface area contributed by atoms with Crippen LogP contribution in [0.3, 0.4) is 0 Å². The van der Waals surface area contributed by atoms with Gasteiger partial charge in [-0.3, -0.25) is 4.90 Å². The molecule has 1 saturated carbocycles. The number of hydrogen-bond acceptors (Lipinski definition) is 4. The molecule has 1 N–H and O–H groups in total. The number of morpholine rings is 1. The average molecular weight is 327 g/mol. The van der Waals surface area contributed by atoms with Crippen LogP contribution >= 0.6 is 0 Å². The molecule has 23 heavy (non-hydrogen) atoms. The zero-order valence-electron chi connectivity index (χ0n) is 15.4. The lowest BCUT2D eigenvalue weighted by Crippen LogP contribution is -2.61. The van der Waals surface area contributed by atoms with Gasteiger partial charge in [0.15, 0.2) is 0 Å². The predicted molar refractivity (Wildman–Crippen MR) is 89.2 cm³/mol. The van der Waals surface area contributed by atoms with Gasteiger partial charge in [-0.15, -0.1) is 0 Å². The lowest BCUT2D eigenvalue weighted by Gasteiger charge is -2.49. The minimum Gasteiger partial charge on any atom is -0.444 e. The molecule has 5 nitrogen and oxygen atoms in total. The van der Waals surface area contributed by atoms with Gasteiger partial charge in [0.2, 0.25) is 0 Å². The van der Waals surface area contributed by atoms with Crippen LogP contribution in [0.4, 0.5) is 4.79 Å². The van der Waals surface area contributed by atoms with Crippen molar-refractivity contribution in [3.05, 3.63) is 0 Å². The molecule has 134 valence electrons. The molecule has 2 aliphatic rings. The standard InChI is InChI=1S/C18H33NO4/c1-11-7-12(2)16(15(20)8-11)14-10-22-9-13(3)19(14)17(21)23-18(4,5)6/h11-16,20H,7-10H2,1-6H3. The van der Waals surface area contributed by atoms with Crippen molar-refractivity contribution in [3.63, 3.8) is 0 Å². The van der Waals surface area contributed by atoms with Crippen molar-refractivity contribution in [2.45, 2.75) is 78.2 Å². The first-order chi connectivity index (χ1) is 10.6. The number of carbonyl (C=O) groups excluding carboxylic acids is 1. The van der Waals surface area contributed by atoms with Crippen LogP contribution in [0, 0.1) is 17.8 Å². The van der Waals surface area contributed by atoms with Crippen molar-refractivity contribution in [2.75, 3.05) is 13.2 Å². The summed E-state index contributed by atoms with van der Waals surface area (Å²) in [6.45, 7) is 13.0. The second-order valence-electron chi connectivity index (χ2n) is 8.54. The van der Waals surface area contributed by atoms with Gasteiger partial charge in [-0.25, -0.2) is 4.79 Å². The van der Waals surface area contributed by atoms with E-state index in [1.165, 1.54) is 0 Å². The Morgan fingerprint density at radius 2 is 1.83 bits per heavy atom. The third-order valence-corrected chi connectivity index (χ3v) is 5.05. The van der Waals surface area contributed by atoms with Gasteiger partial charge in [-0.1, -0.05) is 13.8 Å². The van der Waals surface area contributed by atoms with Gasteiger partial charge in [-0.05, 0) is 52.4 Å². The SMILES string of the molecule is CC1CC(C)C(C2COCC(C)N2C(=O)OC(C)(C)C)C(O)C1. The van der Waals surface area contributed by atoms with Gasteiger partial charge in [0, 0.05) is 5.92 Å². The first kappa shape index (κ1) is 18.5. The molecule has 0 aromatic carbocycles. The highest BCUT2D eigenvalue weighted by atomic mass is 16.6. The minimum absolute atomic E-state index is 0.0395. The van der Waals surface area contributed by atoms with Gasteiger partial charge in [0.05, 0.1) is 31.4 Å². The third kappa shape index (κ3) is 4.38. The number of amides is 1. The van der Waals surface area contributed by atoms with Crippen LogP contribution in [0.25, 0.3) is 0 Å². The van der Waals surface area contributed by atoms with Crippen molar-refractivity contribution in [1.82, 2.24) is 4.90 Å². The molecule has 0 spiro atoms. The summed E-state index contributed by atoms with van der Waals surface area (Å²) in [5, 5.41) is 10.6. The Bertz CT molecular complexity index is 408. The number of nitrogens with zero attached hydrogens (tertiary/aromatic N) is 1. The Balaban J connectivity index is 2.21. The van der Waals surface area contributed by atoms with Crippen molar-refractivity contribution >= 4 is 6.09 Å². The summed E-state index contributed by atoms with van der Waals surface area (Å²) >= 11 is 0. The third-order valence-electron chi connectivity index (χ3n) is 5.05. The molecule has 2 rings (SSSR count). The zero-order chi connectivity index (χ0) is 17.4. The number of carbonyl (C=O) groups is 1. The van der Waals surface area contributed by atoms with Gasteiger partial charge in [0.1, 0.15) is 5.60 Å². The van der Waals surface area contributed by atoms with Crippen LogP contribution < -0.4 is 0 Å². The van der Waals surface area contributed by atoms with Crippen molar-refractivity contribution in [3.8, 4) is 0 Å². The van der Waals surface area contributed by atoms with Crippen LogP contribution in [0.2, 0.25) is 0 Å². The Morgan fingerprint density at radius 1 is 1.17 bits per heavy atom. The zero-order valence-corrected chi connectivity index (χ0v) is 15.4. The normalized spacial score (nSPS) is 39.2. The Hall–Kier alpha value is -0.810. The van der Waals surface area contributed by atoms with E-state index >= 15 is 0 Å². The van der Waals surface area contributed by atoms with E-state index in [-0.39, 0.29) is 24.1 Å². The van der Waals surface area contributed by atoms with Crippen LogP contribution in [0.15, 0.2) is 0 Å². The van der Waals surface area contributed by atoms with Crippen LogP contribution in [-0.2, 0) is 9.47 Å². The number of rotatable bonds is 1. The molecule has 0 bridgehead atoms. The van der Waals surface area contributed by atoms with Crippen molar-refractivity contribution < 1.29 is 19.4 Å². The fourth-order valence-corrected chi connectivity index (χ4v) is 4.25. The van der Waals surface area contributed by atoms with Crippen molar-refractivity contribution in [1.29, 1.82) is 0 Å². The number of hydrogen-bond donors (Lipinski definition) is 1. The summed E-state index contributed by atoms with van der Waals surface area (Å²) in [7, 11) is 0. The molecule has 1 aliphatic carbocycles. The molecule has 0 aromatic heterocycles. The molecule has 1 saturated heterocycles. The first-order valence-electron chi connectivity index (χ1n) is 8.87. The summed E-state index contributed by atoms with van der Waals surface area (Å²) in [5.74, 6) is 0.923. The van der Waals surface area contributed by atoms with E-state index in [9.17, 15) is 9.90 Å². The van der Waals surface area contributed by atoms with Crippen LogP contribution in [-0.4, -0.2) is 53.1 Å². The van der Waals surface area contributed by atoms with E-state index in [0.29, 0.717) is 25.0 Å². The van der Waals surface area contributed by atoms with E-state index in [1.54, 1.807) is 0 Å². The van der Waals surface area contributed by atoms with E-state index < -0.39 is 11.7 Å². The molecule has 1 heterocycles. The molecule has 5 heteroatoms. The van der Waals surface area contributed by atoms with E-state index in [4.69, 9.17) is 9.47 Å². The number of aliphatic hydroxyl groups is 1. The molecule has 0 radical (unpaired) electrons. The highest BCUT2D eigenvalue weighted by Crippen LogP contribution is 2.39. The van der Waals surface area contributed by atoms with Gasteiger partial charge in [-0.2, -0.15) is 0 Å². The molecule has 6 unspecified atom stereocenters. The quantitative estimate of drug-likeness (QED) is 0.804. The first-order valence-corrected chi connectivity index (χ1v) is 8.87. The summed E-state index contributed by atoms with van der Waals surface area (Å²) < 4.78 is 11.3. The monoisotopic (exact) mass is 327 g/mol. The Morgan fingerprint density at radius 3 is 2.39 bits per heavy atom. The second-order valence-corrected chi connectivity index (χ2v) is 8.54. The van der Waals surface area contributed by atoms with Crippen LogP contribution in [0.1, 0.15) is 54.4 Å². The highest BCUT2D eigenvalue weighted by molar-refractivity contribution is 5.69. The molecular formula is C18H33NO4. The van der Waals surface area contributed by atoms with Gasteiger partial charge in [0.25, 0.3) is 0 Å². The van der Waals surface area contributed by atoms with Crippen molar-refractivity contribution in [2.24, 2.45) is 17.8 Å². The minimum atomic E-state index is -0.523. The van der Waals surface area contributed by atoms with E-state index in [1.807, 2.05) is 32.6 Å². The van der Waals surface area contributed by atoms with E-state index in [0.717, 1.165) is 12.8 Å². The summed E-state index contributed by atoms with van der Waals surface area (Å²) in [5.41, 5.74) is -0.523. The largest absolute Gasteiger partial charge is 0.444 e. The fourth-order valence-electron chi connectivity index (χ4n) is 4.25. The lowest BCUT2D eigenvalue weighted by atomic mass is 9.70. The maximum atomic E-state index is 12.7. The van der Waals surface area contributed by atoms with E-state index in [2.05, 4.69) is 13.8 Å². The van der Waals surface area contributed by atoms with Gasteiger partial charge < -0.3 is 14.6 Å². The predicted octanol–water partition coefficient (Wildman–Crippen LogP) is 3.05. The number of ether oxygens (including phenoxy) is 2. The highest BCUT2D eigenvalue weighted by Gasteiger charge is 2.45. The Labute approximate surface area is 140 Å². The lowest BCUT2D eigenvalue weighted by molar-refractivity contribution is -0.109. The van der Waals surface area contributed by atoms with Gasteiger partial charge >= 0.3 is 6.09 Å². The summed E-state index contributed by atoms with van der Waals surface area (Å²) in [6.07, 6.45) is 1.19. The van der Waals surface area contributed by atoms with Crippen LogP contribution in [0.5, 0.6) is 0 Å². The second kappa shape index (κ2) is 6.98. The topological polar surface area (TPSA) is 59.0 Å². The molecule has 0 aromatic rings. The molecule has 1 aliphatic heterocycles. The molecular weight excluding hydrogens is 294 g/mol. The molecule has 1 amide bonds.